The van der Waals surface area contributed by atoms with Gasteiger partial charge in [0.15, 0.2) is 0 Å². The van der Waals surface area contributed by atoms with Gasteiger partial charge in [-0.05, 0) is 44.9 Å². The lowest BCUT2D eigenvalue weighted by molar-refractivity contribution is -0.198. The van der Waals surface area contributed by atoms with Crippen LogP contribution in [0.5, 0.6) is 0 Å². The van der Waals surface area contributed by atoms with Crippen molar-refractivity contribution >= 4 is 17.9 Å². The van der Waals surface area contributed by atoms with E-state index in [2.05, 4.69) is 0 Å². The molecule has 3 rings (SSSR count). The highest BCUT2D eigenvalue weighted by Crippen LogP contribution is 2.67. The number of fused-ring (bicyclic) bond motifs is 1. The van der Waals surface area contributed by atoms with Gasteiger partial charge in [0.25, 0.3) is 0 Å². The third kappa shape index (κ3) is 4.09. The zero-order chi connectivity index (χ0) is 24.1. The second-order valence-corrected chi connectivity index (χ2v) is 9.38. The van der Waals surface area contributed by atoms with Gasteiger partial charge in [-0.2, -0.15) is 0 Å². The molecule has 0 amide bonds. The second kappa shape index (κ2) is 8.08. The van der Waals surface area contributed by atoms with Crippen LogP contribution in [0, 0.1) is 23.1 Å². The van der Waals surface area contributed by atoms with E-state index >= 15 is 4.39 Å². The number of aliphatic carboxylic acids is 1. The number of halogens is 2. The fourth-order valence-corrected chi connectivity index (χ4v) is 4.18. The molecule has 0 saturated heterocycles. The van der Waals surface area contributed by atoms with Gasteiger partial charge in [-0.1, -0.05) is 12.1 Å². The van der Waals surface area contributed by atoms with Crippen molar-refractivity contribution in [3.8, 4) is 0 Å². The lowest BCUT2D eigenvalue weighted by Crippen LogP contribution is -2.61. The molecule has 0 aliphatic heterocycles. The van der Waals surface area contributed by atoms with Crippen molar-refractivity contribution in [2.45, 2.75) is 64.3 Å². The number of carbonyl (C=O) groups is 3. The summed E-state index contributed by atoms with van der Waals surface area (Å²) in [6.07, 6.45) is -2.50. The molecule has 2 aliphatic carbocycles. The summed E-state index contributed by atoms with van der Waals surface area (Å²) in [4.78, 5) is 36.5. The summed E-state index contributed by atoms with van der Waals surface area (Å²) in [7, 11) is 0. The van der Waals surface area contributed by atoms with Gasteiger partial charge >= 0.3 is 17.9 Å². The molecule has 0 radical (unpaired) electrons. The fourth-order valence-electron chi connectivity index (χ4n) is 4.18. The van der Waals surface area contributed by atoms with Crippen LogP contribution in [0.2, 0.25) is 0 Å². The first-order chi connectivity index (χ1) is 14.7. The van der Waals surface area contributed by atoms with E-state index in [4.69, 9.17) is 19.9 Å². The maximum absolute atomic E-state index is 15.0. The van der Waals surface area contributed by atoms with Gasteiger partial charge < -0.3 is 25.1 Å². The molecular weight excluding hydrogens is 428 g/mol. The molecule has 32 heavy (non-hydrogen) atoms. The number of carboxylic acid groups (broad SMARTS) is 1. The maximum Gasteiger partial charge on any atom is 0.342 e. The number of alkyl halides is 1. The van der Waals surface area contributed by atoms with Crippen LogP contribution in [0.1, 0.15) is 39.7 Å². The number of esters is 2. The van der Waals surface area contributed by atoms with Gasteiger partial charge in [-0.15, -0.1) is 0 Å². The zero-order valence-electron chi connectivity index (χ0n) is 18.3. The normalized spacial score (nSPS) is 32.0. The fraction of sp³-hybridized carbons (Fsp3) is 0.591. The maximum atomic E-state index is 15.0. The van der Waals surface area contributed by atoms with E-state index in [1.165, 1.54) is 31.2 Å². The second-order valence-electron chi connectivity index (χ2n) is 9.38. The smallest absolute Gasteiger partial charge is 0.342 e. The summed E-state index contributed by atoms with van der Waals surface area (Å²) in [6, 6.07) is 5.42. The highest BCUT2D eigenvalue weighted by atomic mass is 19.1. The number of hydrogen-bond acceptors (Lipinski definition) is 7. The van der Waals surface area contributed by atoms with Crippen LogP contribution in [0.4, 0.5) is 8.78 Å². The average molecular weight is 455 g/mol. The minimum Gasteiger partial charge on any atom is -0.479 e. The van der Waals surface area contributed by atoms with E-state index < -0.39 is 64.6 Å². The van der Waals surface area contributed by atoms with Crippen molar-refractivity contribution in [3.63, 3.8) is 0 Å². The standard InChI is InChI=1S/C22H27F2NO7/c1-11(31-18(28)20(2,3)4)32-19(29)22(25)15(9-14-16(22)21(14,24)17(26)27)30-10-12-5-7-13(23)8-6-12/h5-8,11,14-16H,9-10,25H2,1-4H3,(H,26,27)/t11?,14-,15-,16+,21-,22+/m1/s1. The molecule has 8 nitrogen and oxygen atoms in total. The summed E-state index contributed by atoms with van der Waals surface area (Å²) in [5.74, 6) is -6.28. The zero-order valence-corrected chi connectivity index (χ0v) is 18.3. The molecule has 2 aliphatic rings. The van der Waals surface area contributed by atoms with Gasteiger partial charge in [0, 0.05) is 18.8 Å². The first-order valence-electron chi connectivity index (χ1n) is 10.2. The molecule has 0 aromatic heterocycles. The van der Waals surface area contributed by atoms with E-state index in [-0.39, 0.29) is 13.0 Å². The Balaban J connectivity index is 1.76. The van der Waals surface area contributed by atoms with Crippen LogP contribution in [0.25, 0.3) is 0 Å². The summed E-state index contributed by atoms with van der Waals surface area (Å²) in [6.45, 7) is 6.09. The van der Waals surface area contributed by atoms with Crippen molar-refractivity contribution < 1.29 is 42.5 Å². The molecular formula is C22H27F2NO7. The SMILES string of the molecule is CC(OC(=O)C(C)(C)C)OC(=O)[C@@]1(N)[C@H]2[C@@H](C[C@H]1OCc1ccc(F)cc1)[C@]2(F)C(=O)O. The summed E-state index contributed by atoms with van der Waals surface area (Å²) in [5.41, 5.74) is 1.24. The average Bonchev–Trinajstić information content (AvgIpc) is 3.16. The highest BCUT2D eigenvalue weighted by Gasteiger charge is 2.85. The third-order valence-corrected chi connectivity index (χ3v) is 6.01. The van der Waals surface area contributed by atoms with Crippen LogP contribution in [-0.4, -0.2) is 46.6 Å². The Morgan fingerprint density at radius 1 is 1.22 bits per heavy atom. The highest BCUT2D eigenvalue weighted by molar-refractivity contribution is 5.91. The van der Waals surface area contributed by atoms with Crippen LogP contribution < -0.4 is 5.73 Å². The van der Waals surface area contributed by atoms with Crippen molar-refractivity contribution in [2.75, 3.05) is 0 Å². The Bertz CT molecular complexity index is 916. The third-order valence-electron chi connectivity index (χ3n) is 6.01. The van der Waals surface area contributed by atoms with Crippen molar-refractivity contribution in [1.29, 1.82) is 0 Å². The summed E-state index contributed by atoms with van der Waals surface area (Å²) < 4.78 is 44.1. The molecule has 0 bridgehead atoms. The van der Waals surface area contributed by atoms with Gasteiger partial charge in [0.1, 0.15) is 11.4 Å². The molecule has 0 spiro atoms. The number of ether oxygens (including phenoxy) is 3. The minimum atomic E-state index is -2.67. The van der Waals surface area contributed by atoms with E-state index in [1.807, 2.05) is 0 Å². The molecule has 2 fully saturated rings. The van der Waals surface area contributed by atoms with Gasteiger partial charge in [0.2, 0.25) is 12.0 Å². The largest absolute Gasteiger partial charge is 0.479 e. The van der Waals surface area contributed by atoms with Crippen molar-refractivity contribution in [1.82, 2.24) is 0 Å². The first kappa shape index (κ1) is 24.1. The van der Waals surface area contributed by atoms with E-state index in [1.54, 1.807) is 20.8 Å². The van der Waals surface area contributed by atoms with Crippen LogP contribution in [-0.2, 0) is 35.2 Å². The number of nitrogens with two attached hydrogens (primary N) is 1. The number of carbonyl (C=O) groups excluding carboxylic acids is 2. The molecule has 2 saturated carbocycles. The number of carboxylic acids is 1. The van der Waals surface area contributed by atoms with Crippen molar-refractivity contribution in [3.05, 3.63) is 35.6 Å². The minimum absolute atomic E-state index is 0.0580. The summed E-state index contributed by atoms with van der Waals surface area (Å²) >= 11 is 0. The molecule has 1 aromatic rings. The Labute approximate surface area is 184 Å². The van der Waals surface area contributed by atoms with Crippen LogP contribution >= 0.6 is 0 Å². The van der Waals surface area contributed by atoms with Crippen LogP contribution in [0.15, 0.2) is 24.3 Å². The van der Waals surface area contributed by atoms with Gasteiger partial charge in [0.05, 0.1) is 18.1 Å². The Kier molecular flexibility index (Phi) is 6.07. The molecule has 6 atom stereocenters. The molecule has 3 N–H and O–H groups in total. The lowest BCUT2D eigenvalue weighted by atomic mass is 9.87. The lowest BCUT2D eigenvalue weighted by Gasteiger charge is -2.34. The first-order valence-corrected chi connectivity index (χ1v) is 10.2. The number of benzene rings is 1. The predicted molar refractivity (Wildman–Crippen MR) is 106 cm³/mol. The van der Waals surface area contributed by atoms with Gasteiger partial charge in [-0.3, -0.25) is 4.79 Å². The van der Waals surface area contributed by atoms with Crippen LogP contribution in [0.3, 0.4) is 0 Å². The quantitative estimate of drug-likeness (QED) is 0.474. The molecule has 10 heteroatoms. The number of rotatable bonds is 7. The number of hydrogen-bond donors (Lipinski definition) is 2. The summed E-state index contributed by atoms with van der Waals surface area (Å²) in [5, 5.41) is 9.31. The molecule has 1 unspecified atom stereocenters. The topological polar surface area (TPSA) is 125 Å². The van der Waals surface area contributed by atoms with E-state index in [9.17, 15) is 23.9 Å². The Hall–Kier alpha value is -2.59. The predicted octanol–water partition coefficient (Wildman–Crippen LogP) is 2.33. The molecule has 176 valence electrons. The molecule has 1 aromatic carbocycles. The Morgan fingerprint density at radius 3 is 2.34 bits per heavy atom. The van der Waals surface area contributed by atoms with Gasteiger partial charge in [-0.25, -0.2) is 18.4 Å². The monoisotopic (exact) mass is 455 g/mol. The van der Waals surface area contributed by atoms with Crippen molar-refractivity contribution in [2.24, 2.45) is 23.0 Å². The van der Waals surface area contributed by atoms with E-state index in [0.29, 0.717) is 5.56 Å². The molecule has 0 heterocycles. The van der Waals surface area contributed by atoms with E-state index in [0.717, 1.165) is 0 Å². The Morgan fingerprint density at radius 2 is 1.81 bits per heavy atom.